The number of alkyl halides is 3. The summed E-state index contributed by atoms with van der Waals surface area (Å²) in [6.45, 7) is 4.05. The van der Waals surface area contributed by atoms with Gasteiger partial charge < -0.3 is 20.9 Å². The van der Waals surface area contributed by atoms with Crippen molar-refractivity contribution in [2.24, 2.45) is 5.92 Å². The summed E-state index contributed by atoms with van der Waals surface area (Å²) in [6.07, 6.45) is 2.61. The van der Waals surface area contributed by atoms with E-state index in [0.29, 0.717) is 25.6 Å². The topological polar surface area (TPSA) is 116 Å². The lowest BCUT2D eigenvalue weighted by molar-refractivity contribution is -0.145. The fourth-order valence-electron chi connectivity index (χ4n) is 4.97. The SMILES string of the molecule is C=CC(=O)Nc1ccccc1Nc1nc(N[C@H]2CCCN(C(=O)C(=O)CC3CCCC3)C2)ncc1C(F)(F)F. The lowest BCUT2D eigenvalue weighted by atomic mass is 9.99. The molecule has 3 N–H and O–H groups in total. The van der Waals surface area contributed by atoms with Crippen LogP contribution in [0.5, 0.6) is 0 Å². The maximum absolute atomic E-state index is 13.8. The molecule has 1 saturated carbocycles. The highest BCUT2D eigenvalue weighted by molar-refractivity contribution is 6.36. The zero-order valence-corrected chi connectivity index (χ0v) is 21.4. The number of nitrogens with zero attached hydrogens (tertiary/aromatic N) is 3. The molecule has 1 aliphatic carbocycles. The first-order chi connectivity index (χ1) is 18.6. The van der Waals surface area contributed by atoms with Crippen molar-refractivity contribution in [1.82, 2.24) is 14.9 Å². The summed E-state index contributed by atoms with van der Waals surface area (Å²) >= 11 is 0. The average Bonchev–Trinajstić information content (AvgIpc) is 3.42. The number of amides is 2. The first kappa shape index (κ1) is 28.1. The van der Waals surface area contributed by atoms with Gasteiger partial charge in [0.25, 0.3) is 5.91 Å². The van der Waals surface area contributed by atoms with E-state index in [9.17, 15) is 27.6 Å². The number of hydrogen-bond donors (Lipinski definition) is 3. The lowest BCUT2D eigenvalue weighted by Crippen LogP contribution is -2.47. The molecule has 2 heterocycles. The highest BCUT2D eigenvalue weighted by Crippen LogP contribution is 2.36. The Labute approximate surface area is 224 Å². The molecular formula is C27H31F3N6O3. The molecule has 2 amide bonds. The van der Waals surface area contributed by atoms with Crippen LogP contribution in [0.4, 0.5) is 36.3 Å². The Kier molecular flexibility index (Phi) is 8.82. The van der Waals surface area contributed by atoms with Crippen molar-refractivity contribution in [2.75, 3.05) is 29.0 Å². The Balaban J connectivity index is 1.49. The minimum Gasteiger partial charge on any atom is -0.350 e. The molecule has 1 aromatic heterocycles. The van der Waals surface area contributed by atoms with Gasteiger partial charge >= 0.3 is 6.18 Å². The van der Waals surface area contributed by atoms with Crippen LogP contribution in [0.25, 0.3) is 0 Å². The molecule has 1 saturated heterocycles. The number of likely N-dealkylation sites (tertiary alicyclic amines) is 1. The second kappa shape index (κ2) is 12.3. The molecule has 208 valence electrons. The number of ketones is 1. The van der Waals surface area contributed by atoms with Crippen molar-refractivity contribution in [2.45, 2.75) is 57.2 Å². The highest BCUT2D eigenvalue weighted by atomic mass is 19.4. The smallest absolute Gasteiger partial charge is 0.350 e. The van der Waals surface area contributed by atoms with E-state index < -0.39 is 29.4 Å². The zero-order valence-electron chi connectivity index (χ0n) is 21.4. The number of aromatic nitrogens is 2. The lowest BCUT2D eigenvalue weighted by Gasteiger charge is -2.33. The van der Waals surface area contributed by atoms with Gasteiger partial charge in [0.1, 0.15) is 11.4 Å². The first-order valence-electron chi connectivity index (χ1n) is 13.0. The highest BCUT2D eigenvalue weighted by Gasteiger charge is 2.36. The third-order valence-corrected chi connectivity index (χ3v) is 6.95. The van der Waals surface area contributed by atoms with Crippen LogP contribution in [0, 0.1) is 5.92 Å². The molecule has 0 spiro atoms. The minimum atomic E-state index is -4.74. The predicted molar refractivity (Wildman–Crippen MR) is 140 cm³/mol. The Morgan fingerprint density at radius 3 is 2.49 bits per heavy atom. The van der Waals surface area contributed by atoms with Gasteiger partial charge in [-0.05, 0) is 37.0 Å². The van der Waals surface area contributed by atoms with E-state index in [4.69, 9.17) is 0 Å². The van der Waals surface area contributed by atoms with Crippen molar-refractivity contribution in [3.8, 4) is 0 Å². The van der Waals surface area contributed by atoms with Gasteiger partial charge in [0, 0.05) is 31.7 Å². The second-order valence-corrected chi connectivity index (χ2v) is 9.83. The molecule has 12 heteroatoms. The van der Waals surface area contributed by atoms with Crippen molar-refractivity contribution in [1.29, 1.82) is 0 Å². The van der Waals surface area contributed by atoms with Crippen LogP contribution in [0.2, 0.25) is 0 Å². The van der Waals surface area contributed by atoms with Crippen LogP contribution in [0.1, 0.15) is 50.5 Å². The van der Waals surface area contributed by atoms with E-state index in [1.165, 1.54) is 17.0 Å². The number of para-hydroxylation sites is 2. The molecule has 9 nitrogen and oxygen atoms in total. The van der Waals surface area contributed by atoms with Crippen molar-refractivity contribution >= 4 is 40.7 Å². The Hall–Kier alpha value is -3.96. The number of benzene rings is 1. The Morgan fingerprint density at radius 2 is 1.79 bits per heavy atom. The van der Waals surface area contributed by atoms with Crippen LogP contribution in [0.15, 0.2) is 43.1 Å². The Bertz CT molecular complexity index is 1230. The largest absolute Gasteiger partial charge is 0.421 e. The quantitative estimate of drug-likeness (QED) is 0.303. The second-order valence-electron chi connectivity index (χ2n) is 9.83. The average molecular weight is 545 g/mol. The van der Waals surface area contributed by atoms with Crippen LogP contribution >= 0.6 is 0 Å². The number of halogens is 3. The van der Waals surface area contributed by atoms with Crippen molar-refractivity contribution in [3.63, 3.8) is 0 Å². The molecule has 39 heavy (non-hydrogen) atoms. The van der Waals surface area contributed by atoms with Crippen LogP contribution < -0.4 is 16.0 Å². The summed E-state index contributed by atoms with van der Waals surface area (Å²) in [5.74, 6) is -1.72. The third kappa shape index (κ3) is 7.33. The number of carbonyl (C=O) groups is 3. The standard InChI is InChI=1S/C27H31F3N6O3/c1-2-23(38)33-20-11-5-6-12-21(20)34-24-19(27(28,29)30)15-31-26(35-24)32-18-10-7-13-36(16-18)25(39)22(37)14-17-8-3-4-9-17/h2,5-6,11-12,15,17-18H,1,3-4,7-10,13-14,16H2,(H,33,38)(H2,31,32,34,35)/t18-/m0/s1. The maximum atomic E-state index is 13.8. The van der Waals surface area contributed by atoms with Gasteiger partial charge in [0.05, 0.1) is 11.4 Å². The monoisotopic (exact) mass is 544 g/mol. The molecular weight excluding hydrogens is 513 g/mol. The van der Waals surface area contributed by atoms with Gasteiger partial charge in [-0.1, -0.05) is 44.4 Å². The van der Waals surface area contributed by atoms with Gasteiger partial charge in [0.15, 0.2) is 0 Å². The van der Waals surface area contributed by atoms with Gasteiger partial charge in [-0.3, -0.25) is 14.4 Å². The van der Waals surface area contributed by atoms with E-state index in [0.717, 1.165) is 31.8 Å². The van der Waals surface area contributed by atoms with E-state index in [2.05, 4.69) is 32.5 Å². The third-order valence-electron chi connectivity index (χ3n) is 6.95. The number of nitrogens with one attached hydrogen (secondary N) is 3. The van der Waals surface area contributed by atoms with Crippen molar-refractivity contribution < 1.29 is 27.6 Å². The van der Waals surface area contributed by atoms with Gasteiger partial charge in [-0.2, -0.15) is 18.2 Å². The van der Waals surface area contributed by atoms with Crippen LogP contribution in [0.3, 0.4) is 0 Å². The predicted octanol–water partition coefficient (Wildman–Crippen LogP) is 4.92. The molecule has 1 aliphatic heterocycles. The number of anilines is 4. The van der Waals surface area contributed by atoms with Gasteiger partial charge in [-0.25, -0.2) is 4.98 Å². The number of Topliss-reactive ketones (excluding diaryl/α,β-unsaturated/α-hetero) is 1. The normalized spacial score (nSPS) is 17.9. The molecule has 0 unspecified atom stereocenters. The number of rotatable bonds is 9. The molecule has 4 rings (SSSR count). The molecule has 1 atom stereocenters. The Morgan fingerprint density at radius 1 is 1.08 bits per heavy atom. The van der Waals surface area contributed by atoms with E-state index >= 15 is 0 Å². The van der Waals surface area contributed by atoms with Gasteiger partial charge in [-0.15, -0.1) is 0 Å². The molecule has 2 fully saturated rings. The molecule has 2 aromatic rings. The molecule has 0 bridgehead atoms. The minimum absolute atomic E-state index is 0.0605. The number of piperidine rings is 1. The van der Waals surface area contributed by atoms with E-state index in [-0.39, 0.29) is 48.0 Å². The maximum Gasteiger partial charge on any atom is 0.421 e. The molecule has 2 aliphatic rings. The zero-order chi connectivity index (χ0) is 28.0. The summed E-state index contributed by atoms with van der Waals surface area (Å²) < 4.78 is 41.3. The fourth-order valence-corrected chi connectivity index (χ4v) is 4.97. The summed E-state index contributed by atoms with van der Waals surface area (Å²) in [5.41, 5.74) is -0.652. The summed E-state index contributed by atoms with van der Waals surface area (Å²) in [4.78, 5) is 46.5. The fraction of sp³-hybridized carbons (Fsp3) is 0.444. The molecule has 1 aromatic carbocycles. The van der Waals surface area contributed by atoms with E-state index in [1.807, 2.05) is 0 Å². The van der Waals surface area contributed by atoms with Crippen LogP contribution in [-0.4, -0.2) is 51.6 Å². The summed E-state index contributed by atoms with van der Waals surface area (Å²) in [6, 6.07) is 5.91. The van der Waals surface area contributed by atoms with Crippen LogP contribution in [-0.2, 0) is 20.6 Å². The van der Waals surface area contributed by atoms with E-state index in [1.54, 1.807) is 12.1 Å². The number of carbonyl (C=O) groups excluding carboxylic acids is 3. The summed E-state index contributed by atoms with van der Waals surface area (Å²) in [5, 5.41) is 8.22. The van der Waals surface area contributed by atoms with Gasteiger partial charge in [0.2, 0.25) is 17.6 Å². The first-order valence-corrected chi connectivity index (χ1v) is 13.0. The van der Waals surface area contributed by atoms with Crippen molar-refractivity contribution in [3.05, 3.63) is 48.7 Å². The number of hydrogen-bond acceptors (Lipinski definition) is 7. The molecule has 0 radical (unpaired) electrons. The summed E-state index contributed by atoms with van der Waals surface area (Å²) in [7, 11) is 0.